The molecule has 1 aromatic heterocycles. The lowest BCUT2D eigenvalue weighted by atomic mass is 10.2. The van der Waals surface area contributed by atoms with Crippen LogP contribution in [-0.4, -0.2) is 5.11 Å². The van der Waals surface area contributed by atoms with Gasteiger partial charge in [0.25, 0.3) is 0 Å². The zero-order valence-electron chi connectivity index (χ0n) is 6.25. The number of hydrogen-bond acceptors (Lipinski definition) is 2. The lowest BCUT2D eigenvalue weighted by Gasteiger charge is -1.88. The monoisotopic (exact) mass is 242 g/mol. The Balaban J connectivity index is 2.78. The van der Waals surface area contributed by atoms with Gasteiger partial charge in [-0.15, -0.1) is 11.3 Å². The minimum absolute atomic E-state index is 0.111. The zero-order valence-corrected chi connectivity index (χ0v) is 8.65. The predicted molar refractivity (Wildman–Crippen MR) is 55.4 cm³/mol. The van der Waals surface area contributed by atoms with Crippen LogP contribution in [0, 0.1) is 0 Å². The van der Waals surface area contributed by atoms with Gasteiger partial charge in [0, 0.05) is 19.4 Å². The Morgan fingerprint density at radius 2 is 2.08 bits per heavy atom. The molecule has 1 heterocycles. The first-order valence-electron chi connectivity index (χ1n) is 3.59. The number of aliphatic hydroxyl groups is 1. The smallest absolute Gasteiger partial charge is 0.0786 e. The minimum atomic E-state index is 0.111. The minimum Gasteiger partial charge on any atom is -0.391 e. The molecule has 1 nitrogen and oxygen atoms in total. The zero-order chi connectivity index (χ0) is 8.55. The number of aliphatic hydroxyl groups excluding tert-OH is 1. The van der Waals surface area contributed by atoms with Gasteiger partial charge in [0.1, 0.15) is 0 Å². The Bertz CT molecular complexity index is 408. The Labute approximate surface area is 82.8 Å². The highest BCUT2D eigenvalue weighted by Gasteiger charge is 2.06. The van der Waals surface area contributed by atoms with Gasteiger partial charge in [-0.25, -0.2) is 0 Å². The molecule has 3 heteroatoms. The molecule has 0 aliphatic rings. The summed E-state index contributed by atoms with van der Waals surface area (Å²) in [6.07, 6.45) is 0. The summed E-state index contributed by atoms with van der Waals surface area (Å²) < 4.78 is 2.25. The van der Waals surface area contributed by atoms with E-state index < -0.39 is 0 Å². The molecule has 0 radical (unpaired) electrons. The summed E-state index contributed by atoms with van der Waals surface area (Å²) in [5.74, 6) is 0. The van der Waals surface area contributed by atoms with E-state index in [9.17, 15) is 0 Å². The van der Waals surface area contributed by atoms with Crippen molar-refractivity contribution in [1.82, 2.24) is 0 Å². The molecular weight excluding hydrogens is 236 g/mol. The summed E-state index contributed by atoms with van der Waals surface area (Å²) in [6.45, 7) is 0.111. The fourth-order valence-corrected chi connectivity index (χ4v) is 2.97. The average molecular weight is 243 g/mol. The first-order chi connectivity index (χ1) is 5.83. The molecule has 1 aromatic carbocycles. The van der Waals surface area contributed by atoms with E-state index in [0.29, 0.717) is 0 Å². The van der Waals surface area contributed by atoms with Gasteiger partial charge in [0.2, 0.25) is 0 Å². The standard InChI is InChI=1S/C9H7BrOS/c10-9-6-3-1-2-4-7(6)12-8(9)5-11/h1-4,11H,5H2. The van der Waals surface area contributed by atoms with Gasteiger partial charge < -0.3 is 5.11 Å². The van der Waals surface area contributed by atoms with E-state index in [1.54, 1.807) is 11.3 Å². The molecule has 0 bridgehead atoms. The van der Waals surface area contributed by atoms with E-state index in [4.69, 9.17) is 5.11 Å². The topological polar surface area (TPSA) is 20.2 Å². The maximum atomic E-state index is 9.00. The molecule has 0 atom stereocenters. The number of hydrogen-bond donors (Lipinski definition) is 1. The normalized spacial score (nSPS) is 10.8. The van der Waals surface area contributed by atoms with Crippen LogP contribution < -0.4 is 0 Å². The van der Waals surface area contributed by atoms with Gasteiger partial charge in [-0.3, -0.25) is 0 Å². The number of rotatable bonds is 1. The third-order valence-electron chi connectivity index (χ3n) is 1.75. The van der Waals surface area contributed by atoms with Gasteiger partial charge in [0.05, 0.1) is 6.61 Å². The maximum Gasteiger partial charge on any atom is 0.0786 e. The van der Waals surface area contributed by atoms with Crippen molar-refractivity contribution in [2.45, 2.75) is 6.61 Å². The second-order valence-corrected chi connectivity index (χ2v) is 4.42. The quantitative estimate of drug-likeness (QED) is 0.815. The second kappa shape index (κ2) is 3.17. The van der Waals surface area contributed by atoms with Crippen LogP contribution in [0.2, 0.25) is 0 Å². The molecular formula is C9H7BrOS. The van der Waals surface area contributed by atoms with E-state index in [1.165, 1.54) is 10.1 Å². The predicted octanol–water partition coefficient (Wildman–Crippen LogP) is 3.16. The summed E-state index contributed by atoms with van der Waals surface area (Å²) in [6, 6.07) is 8.12. The Morgan fingerprint density at radius 1 is 1.33 bits per heavy atom. The van der Waals surface area contributed by atoms with Gasteiger partial charge in [-0.1, -0.05) is 18.2 Å². The van der Waals surface area contributed by atoms with Crippen LogP contribution in [0.15, 0.2) is 28.7 Å². The molecule has 0 amide bonds. The number of halogens is 1. The van der Waals surface area contributed by atoms with Crippen molar-refractivity contribution >= 4 is 37.4 Å². The highest BCUT2D eigenvalue weighted by molar-refractivity contribution is 9.10. The van der Waals surface area contributed by atoms with Gasteiger partial charge in [-0.05, 0) is 22.0 Å². The SMILES string of the molecule is OCc1sc2ccccc2c1Br. The van der Waals surface area contributed by atoms with Crippen LogP contribution >= 0.6 is 27.3 Å². The third-order valence-corrected chi connectivity index (χ3v) is 4.07. The molecule has 0 spiro atoms. The summed E-state index contributed by atoms with van der Waals surface area (Å²) in [7, 11) is 0. The van der Waals surface area contributed by atoms with E-state index in [1.807, 2.05) is 12.1 Å². The molecule has 0 unspecified atom stereocenters. The van der Waals surface area contributed by atoms with Crippen molar-refractivity contribution < 1.29 is 5.11 Å². The van der Waals surface area contributed by atoms with E-state index in [-0.39, 0.29) is 6.61 Å². The largest absolute Gasteiger partial charge is 0.391 e. The molecule has 0 fully saturated rings. The molecule has 2 aromatic rings. The first kappa shape index (κ1) is 8.23. The van der Waals surface area contributed by atoms with Crippen molar-refractivity contribution in [3.8, 4) is 0 Å². The Hall–Kier alpha value is -0.380. The van der Waals surface area contributed by atoms with Crippen molar-refractivity contribution in [3.63, 3.8) is 0 Å². The van der Waals surface area contributed by atoms with Gasteiger partial charge in [0.15, 0.2) is 0 Å². The van der Waals surface area contributed by atoms with Crippen LogP contribution in [0.3, 0.4) is 0 Å². The van der Waals surface area contributed by atoms with Gasteiger partial charge >= 0.3 is 0 Å². The average Bonchev–Trinajstić information content (AvgIpc) is 2.44. The summed E-state index contributed by atoms with van der Waals surface area (Å²) in [5, 5.41) is 10.2. The second-order valence-electron chi connectivity index (χ2n) is 2.49. The van der Waals surface area contributed by atoms with Crippen LogP contribution in [0.25, 0.3) is 10.1 Å². The van der Waals surface area contributed by atoms with E-state index >= 15 is 0 Å². The van der Waals surface area contributed by atoms with Crippen LogP contribution in [0.5, 0.6) is 0 Å². The molecule has 0 saturated carbocycles. The molecule has 0 aliphatic heterocycles. The molecule has 62 valence electrons. The van der Waals surface area contributed by atoms with Gasteiger partial charge in [-0.2, -0.15) is 0 Å². The first-order valence-corrected chi connectivity index (χ1v) is 5.20. The molecule has 0 saturated heterocycles. The fourth-order valence-electron chi connectivity index (χ4n) is 1.17. The summed E-state index contributed by atoms with van der Waals surface area (Å²) >= 11 is 5.09. The van der Waals surface area contributed by atoms with Crippen LogP contribution in [-0.2, 0) is 6.61 Å². The molecule has 1 N–H and O–H groups in total. The van der Waals surface area contributed by atoms with Crippen molar-refractivity contribution in [2.75, 3.05) is 0 Å². The summed E-state index contributed by atoms with van der Waals surface area (Å²) in [5.41, 5.74) is 0. The van der Waals surface area contributed by atoms with E-state index in [0.717, 1.165) is 9.35 Å². The van der Waals surface area contributed by atoms with Crippen molar-refractivity contribution in [2.24, 2.45) is 0 Å². The Morgan fingerprint density at radius 3 is 2.75 bits per heavy atom. The fraction of sp³-hybridized carbons (Fsp3) is 0.111. The van der Waals surface area contributed by atoms with Crippen molar-refractivity contribution in [3.05, 3.63) is 33.6 Å². The molecule has 12 heavy (non-hydrogen) atoms. The summed E-state index contributed by atoms with van der Waals surface area (Å²) in [4.78, 5) is 0.996. The number of fused-ring (bicyclic) bond motifs is 1. The lowest BCUT2D eigenvalue weighted by molar-refractivity contribution is 0.285. The lowest BCUT2D eigenvalue weighted by Crippen LogP contribution is -1.74. The van der Waals surface area contributed by atoms with E-state index in [2.05, 4.69) is 28.1 Å². The highest BCUT2D eigenvalue weighted by atomic mass is 79.9. The van der Waals surface area contributed by atoms with Crippen LogP contribution in [0.1, 0.15) is 4.88 Å². The molecule has 2 rings (SSSR count). The third kappa shape index (κ3) is 1.18. The Kier molecular flexibility index (Phi) is 2.17. The number of thiophene rings is 1. The highest BCUT2D eigenvalue weighted by Crippen LogP contribution is 2.35. The maximum absolute atomic E-state index is 9.00. The molecule has 0 aliphatic carbocycles. The van der Waals surface area contributed by atoms with Crippen molar-refractivity contribution in [1.29, 1.82) is 0 Å². The van der Waals surface area contributed by atoms with Crippen LogP contribution in [0.4, 0.5) is 0 Å². The number of benzene rings is 1.